The molecule has 7 heteroatoms. The van der Waals surface area contributed by atoms with Crippen molar-refractivity contribution < 1.29 is 8.42 Å². The van der Waals surface area contributed by atoms with E-state index >= 15 is 0 Å². The van der Waals surface area contributed by atoms with Crippen molar-refractivity contribution in [2.24, 2.45) is 5.41 Å². The Morgan fingerprint density at radius 3 is 2.63 bits per heavy atom. The average molecular weight is 393 g/mol. The Balaban J connectivity index is 1.76. The van der Waals surface area contributed by atoms with Gasteiger partial charge in [-0.1, -0.05) is 29.9 Å². The summed E-state index contributed by atoms with van der Waals surface area (Å²) in [5.74, 6) is 1.06. The zero-order valence-electron chi connectivity index (χ0n) is 16.7. The molecule has 0 aromatic carbocycles. The van der Waals surface area contributed by atoms with Crippen molar-refractivity contribution in [1.82, 2.24) is 19.2 Å². The molecule has 0 aromatic heterocycles. The van der Waals surface area contributed by atoms with E-state index in [0.717, 1.165) is 44.6 Å². The van der Waals surface area contributed by atoms with Crippen LogP contribution in [0.3, 0.4) is 0 Å². The number of nitrogens with zero attached hydrogens (tertiary/aromatic N) is 2. The molecule has 1 saturated heterocycles. The predicted octanol–water partition coefficient (Wildman–Crippen LogP) is 2.13. The van der Waals surface area contributed by atoms with Crippen LogP contribution in [0, 0.1) is 5.41 Å². The second kappa shape index (κ2) is 8.20. The third kappa shape index (κ3) is 4.47. The molecule has 150 valence electrons. The Morgan fingerprint density at radius 2 is 2.04 bits per heavy atom. The fraction of sp³-hybridized carbons (Fsp3) is 0.600. The maximum absolute atomic E-state index is 12.5. The number of piperidine rings is 1. The van der Waals surface area contributed by atoms with Crippen LogP contribution in [0.1, 0.15) is 32.6 Å². The van der Waals surface area contributed by atoms with Crippen molar-refractivity contribution in [3.8, 4) is 0 Å². The van der Waals surface area contributed by atoms with Gasteiger partial charge in [-0.25, -0.2) is 0 Å². The normalized spacial score (nSPS) is 23.3. The smallest absolute Gasteiger partial charge is 0.281 e. The molecule has 2 heterocycles. The molecule has 0 unspecified atom stereocenters. The van der Waals surface area contributed by atoms with Crippen LogP contribution in [0.25, 0.3) is 0 Å². The van der Waals surface area contributed by atoms with Crippen LogP contribution >= 0.6 is 0 Å². The molecule has 0 radical (unpaired) electrons. The molecular formula is C20H32N4O2S. The van der Waals surface area contributed by atoms with Crippen LogP contribution < -0.4 is 10.6 Å². The molecule has 2 N–H and O–H groups in total. The van der Waals surface area contributed by atoms with E-state index in [0.29, 0.717) is 13.1 Å². The zero-order valence-corrected chi connectivity index (χ0v) is 17.5. The maximum Gasteiger partial charge on any atom is 0.281 e. The number of dihydropyridines is 1. The van der Waals surface area contributed by atoms with Crippen molar-refractivity contribution in [3.05, 3.63) is 47.3 Å². The monoisotopic (exact) mass is 392 g/mol. The highest BCUT2D eigenvalue weighted by atomic mass is 32.2. The van der Waals surface area contributed by atoms with Crippen LogP contribution in [-0.4, -0.2) is 57.3 Å². The third-order valence-corrected chi connectivity index (χ3v) is 7.81. The quantitative estimate of drug-likeness (QED) is 0.727. The van der Waals surface area contributed by atoms with Gasteiger partial charge in [-0.2, -0.15) is 17.0 Å². The Bertz CT molecular complexity index is 770. The molecule has 6 nitrogen and oxygen atoms in total. The third-order valence-electron chi connectivity index (χ3n) is 5.87. The van der Waals surface area contributed by atoms with Crippen molar-refractivity contribution in [1.29, 1.82) is 0 Å². The summed E-state index contributed by atoms with van der Waals surface area (Å²) >= 11 is 0. The van der Waals surface area contributed by atoms with Crippen molar-refractivity contribution in [3.63, 3.8) is 0 Å². The lowest BCUT2D eigenvalue weighted by Crippen LogP contribution is -2.51. The minimum absolute atomic E-state index is 0.000674. The van der Waals surface area contributed by atoms with Gasteiger partial charge in [0.2, 0.25) is 0 Å². The van der Waals surface area contributed by atoms with Crippen LogP contribution in [0.5, 0.6) is 0 Å². The van der Waals surface area contributed by atoms with E-state index in [1.54, 1.807) is 18.4 Å². The van der Waals surface area contributed by atoms with E-state index in [4.69, 9.17) is 0 Å². The molecule has 3 rings (SSSR count). The second-order valence-electron chi connectivity index (χ2n) is 7.87. The summed E-state index contributed by atoms with van der Waals surface area (Å²) in [5, 5.41) is 6.99. The van der Waals surface area contributed by atoms with Gasteiger partial charge in [0.15, 0.2) is 0 Å². The first-order valence-electron chi connectivity index (χ1n) is 9.73. The molecule has 0 amide bonds. The van der Waals surface area contributed by atoms with Gasteiger partial charge in [0.25, 0.3) is 10.2 Å². The first-order valence-corrected chi connectivity index (χ1v) is 11.1. The summed E-state index contributed by atoms with van der Waals surface area (Å²) in [4.78, 5) is 0. The van der Waals surface area contributed by atoms with E-state index in [1.807, 2.05) is 0 Å². The van der Waals surface area contributed by atoms with Gasteiger partial charge >= 0.3 is 0 Å². The van der Waals surface area contributed by atoms with Crippen LogP contribution in [-0.2, 0) is 10.2 Å². The standard InChI is InChI=1S/C20H32N4O2S/c1-17-9-12-21-19(15-17)22-16-20(18-7-5-4-6-8-18)10-13-24(14-11-20)27(25,26)23(2)3/h4-5,7,9,15,21-22H,6,8,10-14,16H2,1-3H3. The van der Waals surface area contributed by atoms with Gasteiger partial charge < -0.3 is 10.6 Å². The summed E-state index contributed by atoms with van der Waals surface area (Å²) in [5.41, 5.74) is 2.71. The van der Waals surface area contributed by atoms with Crippen molar-refractivity contribution >= 4 is 10.2 Å². The van der Waals surface area contributed by atoms with Crippen molar-refractivity contribution in [2.45, 2.75) is 32.6 Å². The molecule has 0 aromatic rings. The van der Waals surface area contributed by atoms with E-state index in [9.17, 15) is 8.42 Å². The maximum atomic E-state index is 12.5. The summed E-state index contributed by atoms with van der Waals surface area (Å²) in [7, 11) is -0.139. The lowest BCUT2D eigenvalue weighted by Gasteiger charge is -2.44. The Kier molecular flexibility index (Phi) is 6.13. The number of hydrogen-bond acceptors (Lipinski definition) is 4. The highest BCUT2D eigenvalue weighted by Crippen LogP contribution is 2.42. The van der Waals surface area contributed by atoms with Gasteiger partial charge in [-0.05, 0) is 44.3 Å². The number of rotatable bonds is 6. The van der Waals surface area contributed by atoms with E-state index in [-0.39, 0.29) is 5.41 Å². The number of nitrogens with one attached hydrogen (secondary N) is 2. The minimum Gasteiger partial charge on any atom is -0.371 e. The van der Waals surface area contributed by atoms with Gasteiger partial charge in [-0.15, -0.1) is 0 Å². The Labute approximate surface area is 163 Å². The molecule has 1 fully saturated rings. The van der Waals surface area contributed by atoms with Crippen LogP contribution in [0.2, 0.25) is 0 Å². The number of allylic oxidation sites excluding steroid dienone is 5. The van der Waals surface area contributed by atoms with Crippen LogP contribution in [0.4, 0.5) is 0 Å². The number of hydrogen-bond donors (Lipinski definition) is 2. The Hall–Kier alpha value is -1.57. The first-order chi connectivity index (χ1) is 12.8. The second-order valence-corrected chi connectivity index (χ2v) is 10.0. The average Bonchev–Trinajstić information content (AvgIpc) is 2.67. The molecule has 0 spiro atoms. The van der Waals surface area contributed by atoms with E-state index in [2.05, 4.69) is 47.9 Å². The molecule has 1 aliphatic carbocycles. The van der Waals surface area contributed by atoms with E-state index in [1.165, 1.54) is 15.5 Å². The van der Waals surface area contributed by atoms with E-state index < -0.39 is 10.2 Å². The van der Waals surface area contributed by atoms with Gasteiger partial charge in [0.1, 0.15) is 0 Å². The highest BCUT2D eigenvalue weighted by Gasteiger charge is 2.41. The van der Waals surface area contributed by atoms with Gasteiger partial charge in [0.05, 0.1) is 5.82 Å². The van der Waals surface area contributed by atoms with Crippen molar-refractivity contribution in [2.75, 3.05) is 40.3 Å². The summed E-state index contributed by atoms with van der Waals surface area (Å²) < 4.78 is 27.9. The van der Waals surface area contributed by atoms with Gasteiger partial charge in [-0.3, -0.25) is 0 Å². The Morgan fingerprint density at radius 1 is 1.30 bits per heavy atom. The highest BCUT2D eigenvalue weighted by molar-refractivity contribution is 7.86. The largest absolute Gasteiger partial charge is 0.371 e. The van der Waals surface area contributed by atoms with Gasteiger partial charge in [0, 0.05) is 45.7 Å². The first kappa shape index (κ1) is 20.2. The molecule has 0 atom stereocenters. The lowest BCUT2D eigenvalue weighted by molar-refractivity contribution is 0.181. The molecule has 0 bridgehead atoms. The summed E-state index contributed by atoms with van der Waals surface area (Å²) in [6.07, 6.45) is 14.7. The fourth-order valence-electron chi connectivity index (χ4n) is 4.07. The predicted molar refractivity (Wildman–Crippen MR) is 110 cm³/mol. The zero-order chi connectivity index (χ0) is 19.5. The SMILES string of the molecule is CC1=CCNC(NCC2(C3=CC=CCC3)CCN(S(=O)(=O)N(C)C)CC2)=C1. The molecule has 3 aliphatic rings. The van der Waals surface area contributed by atoms with Crippen LogP contribution in [0.15, 0.2) is 47.3 Å². The summed E-state index contributed by atoms with van der Waals surface area (Å²) in [6, 6.07) is 0. The fourth-order valence-corrected chi connectivity index (χ4v) is 5.18. The lowest BCUT2D eigenvalue weighted by atomic mass is 9.70. The molecular weight excluding hydrogens is 360 g/mol. The molecule has 0 saturated carbocycles. The minimum atomic E-state index is -3.34. The molecule has 27 heavy (non-hydrogen) atoms. The summed E-state index contributed by atoms with van der Waals surface area (Å²) in [6.45, 7) is 4.91. The topological polar surface area (TPSA) is 64.7 Å². The molecule has 2 aliphatic heterocycles.